The minimum absolute atomic E-state index is 0.320. The van der Waals surface area contributed by atoms with Crippen LogP contribution in [0, 0.1) is 0 Å². The number of aliphatic carboxylic acids is 1. The number of aromatic nitrogens is 1. The Balaban J connectivity index is 1.28. The van der Waals surface area contributed by atoms with Gasteiger partial charge in [0, 0.05) is 36.0 Å². The predicted molar refractivity (Wildman–Crippen MR) is 136 cm³/mol. The predicted octanol–water partition coefficient (Wildman–Crippen LogP) is 2.22. The zero-order valence-electron chi connectivity index (χ0n) is 19.5. The summed E-state index contributed by atoms with van der Waals surface area (Å²) in [5, 5.41) is 19.3. The van der Waals surface area contributed by atoms with Crippen molar-refractivity contribution in [2.45, 2.75) is 25.3 Å². The van der Waals surface area contributed by atoms with Crippen molar-refractivity contribution in [3.05, 3.63) is 65.9 Å². The van der Waals surface area contributed by atoms with Crippen LogP contribution in [-0.2, 0) is 20.8 Å². The van der Waals surface area contributed by atoms with Crippen molar-refractivity contribution in [2.24, 2.45) is 4.99 Å². The number of carbonyl (C=O) groups excluding carboxylic acids is 2. The van der Waals surface area contributed by atoms with E-state index in [2.05, 4.69) is 25.9 Å². The van der Waals surface area contributed by atoms with E-state index in [4.69, 9.17) is 0 Å². The molecule has 0 spiro atoms. The van der Waals surface area contributed by atoms with Crippen LogP contribution in [0.3, 0.4) is 0 Å². The number of fused-ring (bicyclic) bond motifs is 2. The summed E-state index contributed by atoms with van der Waals surface area (Å²) in [6, 6.07) is 14.3. The lowest BCUT2D eigenvalue weighted by Gasteiger charge is -2.20. The molecule has 10 heteroatoms. The van der Waals surface area contributed by atoms with Crippen molar-refractivity contribution < 1.29 is 19.5 Å². The molecular formula is C26H26N6O4. The average molecular weight is 487 g/mol. The first-order chi connectivity index (χ1) is 17.5. The molecule has 0 saturated carbocycles. The Morgan fingerprint density at radius 2 is 2.00 bits per heavy atom. The summed E-state index contributed by atoms with van der Waals surface area (Å²) in [6.07, 6.45) is 1.56. The third-order valence-corrected chi connectivity index (χ3v) is 6.26. The van der Waals surface area contributed by atoms with Crippen LogP contribution in [0.25, 0.3) is 10.9 Å². The van der Waals surface area contributed by atoms with Crippen LogP contribution in [0.1, 0.15) is 30.0 Å². The molecule has 2 aliphatic heterocycles. The van der Waals surface area contributed by atoms with Crippen molar-refractivity contribution in [1.82, 2.24) is 15.6 Å². The second-order valence-corrected chi connectivity index (χ2v) is 8.78. The van der Waals surface area contributed by atoms with Gasteiger partial charge in [0.05, 0.1) is 24.5 Å². The van der Waals surface area contributed by atoms with Gasteiger partial charge in [0.15, 0.2) is 5.96 Å². The van der Waals surface area contributed by atoms with Gasteiger partial charge in [-0.1, -0.05) is 24.3 Å². The average Bonchev–Trinajstić information content (AvgIpc) is 3.53. The Labute approximate surface area is 207 Å². The standard InChI is InChI=1S/C26H26N6O4/c33-23(31-21(13-25(35)36)18-11-17-3-1-2-4-20(17)29-15-18)14-24(34)32-10-7-16-5-6-19(12-22(16)32)30-26-27-8-9-28-26/h1-6,11-12,15,21H,7-10,13-14H2,(H,31,33)(H,35,36)(H2,27,28,30)/t21-/m1/s1. The van der Waals surface area contributed by atoms with E-state index in [1.807, 2.05) is 48.5 Å². The van der Waals surface area contributed by atoms with Gasteiger partial charge in [0.25, 0.3) is 0 Å². The van der Waals surface area contributed by atoms with Gasteiger partial charge in [-0.25, -0.2) is 0 Å². The molecule has 4 N–H and O–H groups in total. The Kier molecular flexibility index (Phi) is 6.48. The van der Waals surface area contributed by atoms with Crippen molar-refractivity contribution >= 4 is 46.0 Å². The number of carboxylic acid groups (broad SMARTS) is 1. The van der Waals surface area contributed by atoms with E-state index in [-0.39, 0.29) is 18.7 Å². The van der Waals surface area contributed by atoms with Crippen LogP contribution in [0.15, 0.2) is 59.7 Å². The lowest BCUT2D eigenvalue weighted by atomic mass is 10.0. The van der Waals surface area contributed by atoms with E-state index in [1.165, 1.54) is 0 Å². The molecule has 184 valence electrons. The smallest absolute Gasteiger partial charge is 0.305 e. The van der Waals surface area contributed by atoms with Crippen LogP contribution >= 0.6 is 0 Å². The number of carboxylic acids is 1. The van der Waals surface area contributed by atoms with E-state index in [9.17, 15) is 19.5 Å². The fourth-order valence-corrected chi connectivity index (χ4v) is 4.52. The van der Waals surface area contributed by atoms with Gasteiger partial charge in [-0.2, -0.15) is 0 Å². The molecular weight excluding hydrogens is 460 g/mol. The summed E-state index contributed by atoms with van der Waals surface area (Å²) in [5.74, 6) is -1.25. The number of guanidine groups is 1. The normalized spacial score (nSPS) is 15.1. The monoisotopic (exact) mass is 486 g/mol. The third kappa shape index (κ3) is 5.12. The second kappa shape index (κ2) is 10.0. The highest BCUT2D eigenvalue weighted by Gasteiger charge is 2.28. The maximum atomic E-state index is 13.1. The Hall–Kier alpha value is -4.47. The molecule has 0 radical (unpaired) electrons. The van der Waals surface area contributed by atoms with E-state index in [0.29, 0.717) is 31.0 Å². The molecule has 0 bridgehead atoms. The van der Waals surface area contributed by atoms with Crippen LogP contribution in [0.4, 0.5) is 11.4 Å². The summed E-state index contributed by atoms with van der Waals surface area (Å²) >= 11 is 0. The van der Waals surface area contributed by atoms with Gasteiger partial charge < -0.3 is 26.0 Å². The highest BCUT2D eigenvalue weighted by atomic mass is 16.4. The molecule has 10 nitrogen and oxygen atoms in total. The number of nitrogens with zero attached hydrogens (tertiary/aromatic N) is 3. The zero-order valence-corrected chi connectivity index (χ0v) is 19.5. The second-order valence-electron chi connectivity index (χ2n) is 8.78. The number of pyridine rings is 1. The summed E-state index contributed by atoms with van der Waals surface area (Å²) in [4.78, 5) is 47.7. The summed E-state index contributed by atoms with van der Waals surface area (Å²) in [5.41, 5.74) is 3.94. The number of benzene rings is 2. The number of carbonyl (C=O) groups is 3. The first kappa shape index (κ1) is 23.3. The van der Waals surface area contributed by atoms with E-state index in [0.717, 1.165) is 34.4 Å². The number of nitrogens with one attached hydrogen (secondary N) is 3. The van der Waals surface area contributed by atoms with Crippen molar-refractivity contribution in [1.29, 1.82) is 0 Å². The molecule has 2 aromatic carbocycles. The van der Waals surface area contributed by atoms with Gasteiger partial charge in [0.1, 0.15) is 6.42 Å². The number of rotatable bonds is 7. The van der Waals surface area contributed by atoms with Gasteiger partial charge in [-0.3, -0.25) is 24.4 Å². The lowest BCUT2D eigenvalue weighted by molar-refractivity contribution is -0.137. The summed E-state index contributed by atoms with van der Waals surface area (Å²) in [7, 11) is 0. The molecule has 0 unspecified atom stereocenters. The minimum Gasteiger partial charge on any atom is -0.481 e. The molecule has 0 aliphatic carbocycles. The van der Waals surface area contributed by atoms with Gasteiger partial charge in [-0.15, -0.1) is 0 Å². The highest BCUT2D eigenvalue weighted by Crippen LogP contribution is 2.31. The molecule has 36 heavy (non-hydrogen) atoms. The van der Waals surface area contributed by atoms with E-state index in [1.54, 1.807) is 11.1 Å². The lowest BCUT2D eigenvalue weighted by Crippen LogP contribution is -2.37. The fourth-order valence-electron chi connectivity index (χ4n) is 4.52. The van der Waals surface area contributed by atoms with Crippen LogP contribution in [-0.4, -0.2) is 53.5 Å². The number of amides is 2. The van der Waals surface area contributed by atoms with Crippen molar-refractivity contribution in [3.8, 4) is 0 Å². The molecule has 2 amide bonds. The van der Waals surface area contributed by atoms with Crippen LogP contribution < -0.4 is 20.9 Å². The van der Waals surface area contributed by atoms with Crippen LogP contribution in [0.2, 0.25) is 0 Å². The van der Waals surface area contributed by atoms with E-state index < -0.39 is 17.9 Å². The maximum absolute atomic E-state index is 13.1. The molecule has 1 aromatic heterocycles. The Morgan fingerprint density at radius 3 is 2.81 bits per heavy atom. The molecule has 1 atom stereocenters. The number of para-hydroxylation sites is 1. The molecule has 0 fully saturated rings. The summed E-state index contributed by atoms with van der Waals surface area (Å²) in [6.45, 7) is 1.98. The van der Waals surface area contributed by atoms with E-state index >= 15 is 0 Å². The van der Waals surface area contributed by atoms with Gasteiger partial charge in [0.2, 0.25) is 11.8 Å². The van der Waals surface area contributed by atoms with Crippen molar-refractivity contribution in [2.75, 3.05) is 29.9 Å². The SMILES string of the molecule is O=C(O)C[C@@H](NC(=O)CC(=O)N1CCc2ccc(NC3=NCCN3)cc21)c1cnc2ccccc2c1. The van der Waals surface area contributed by atoms with Gasteiger partial charge in [-0.05, 0) is 41.8 Å². The number of aliphatic imine (C=N–C) groups is 1. The minimum atomic E-state index is -1.06. The summed E-state index contributed by atoms with van der Waals surface area (Å²) < 4.78 is 0. The first-order valence-corrected chi connectivity index (χ1v) is 11.8. The zero-order chi connectivity index (χ0) is 25.1. The van der Waals surface area contributed by atoms with Crippen molar-refractivity contribution in [3.63, 3.8) is 0 Å². The largest absolute Gasteiger partial charge is 0.481 e. The third-order valence-electron chi connectivity index (χ3n) is 6.26. The first-order valence-electron chi connectivity index (χ1n) is 11.8. The highest BCUT2D eigenvalue weighted by molar-refractivity contribution is 6.06. The number of hydrogen-bond acceptors (Lipinski definition) is 7. The topological polar surface area (TPSA) is 136 Å². The molecule has 2 aliphatic rings. The Morgan fingerprint density at radius 1 is 1.14 bits per heavy atom. The molecule has 5 rings (SSSR count). The Bertz CT molecular complexity index is 1370. The number of anilines is 2. The quantitative estimate of drug-likeness (QED) is 0.376. The molecule has 3 heterocycles. The fraction of sp³-hybridized carbons (Fsp3) is 0.269. The number of hydrogen-bond donors (Lipinski definition) is 4. The molecule has 3 aromatic rings. The van der Waals surface area contributed by atoms with Gasteiger partial charge >= 0.3 is 5.97 Å². The maximum Gasteiger partial charge on any atom is 0.305 e. The van der Waals surface area contributed by atoms with Crippen LogP contribution in [0.5, 0.6) is 0 Å². The molecule has 0 saturated heterocycles.